The van der Waals surface area contributed by atoms with Gasteiger partial charge in [-0.25, -0.2) is 4.39 Å². The number of carbonyl (C=O) groups excluding carboxylic acids is 1. The third kappa shape index (κ3) is 4.04. The predicted octanol–water partition coefficient (Wildman–Crippen LogP) is 2.95. The van der Waals surface area contributed by atoms with Gasteiger partial charge in [-0.15, -0.1) is 0 Å². The predicted molar refractivity (Wildman–Crippen MR) is 91.2 cm³/mol. The molecule has 3 rings (SSSR count). The third-order valence-corrected chi connectivity index (χ3v) is 3.96. The zero-order valence-electron chi connectivity index (χ0n) is 12.3. The van der Waals surface area contributed by atoms with Gasteiger partial charge in [0.1, 0.15) is 5.82 Å². The van der Waals surface area contributed by atoms with Crippen molar-refractivity contribution in [2.24, 2.45) is 5.92 Å². The summed E-state index contributed by atoms with van der Waals surface area (Å²) in [6.07, 6.45) is 0.843. The van der Waals surface area contributed by atoms with E-state index in [9.17, 15) is 9.18 Å². The molecule has 2 aromatic rings. The smallest absolute Gasteiger partial charge is 0.242 e. The van der Waals surface area contributed by atoms with Crippen LogP contribution in [0.3, 0.4) is 0 Å². The van der Waals surface area contributed by atoms with E-state index in [4.69, 9.17) is 12.2 Å². The summed E-state index contributed by atoms with van der Waals surface area (Å²) in [5.74, 6) is -0.152. The Balaban J connectivity index is 1.44. The number of rotatable bonds is 3. The van der Waals surface area contributed by atoms with Gasteiger partial charge in [-0.2, -0.15) is 0 Å². The largest absolute Gasteiger partial charge is 0.331 e. The second kappa shape index (κ2) is 6.75. The minimum atomic E-state index is -0.316. The van der Waals surface area contributed by atoms with E-state index in [1.54, 1.807) is 12.1 Å². The number of hydrogen-bond acceptors (Lipinski definition) is 2. The monoisotopic (exact) mass is 329 g/mol. The molecule has 3 N–H and O–H groups in total. The molecule has 2 atom stereocenters. The second-order valence-corrected chi connectivity index (χ2v) is 5.84. The van der Waals surface area contributed by atoms with E-state index in [2.05, 4.69) is 16.2 Å². The minimum Gasteiger partial charge on any atom is -0.331 e. The van der Waals surface area contributed by atoms with E-state index < -0.39 is 0 Å². The maximum absolute atomic E-state index is 12.8. The van der Waals surface area contributed by atoms with Gasteiger partial charge >= 0.3 is 0 Å². The first kappa shape index (κ1) is 15.4. The van der Waals surface area contributed by atoms with Gasteiger partial charge < -0.3 is 5.32 Å². The van der Waals surface area contributed by atoms with E-state index in [-0.39, 0.29) is 28.7 Å². The molecule has 0 saturated heterocycles. The van der Waals surface area contributed by atoms with E-state index >= 15 is 0 Å². The Bertz CT molecular complexity index is 706. The highest BCUT2D eigenvalue weighted by Gasteiger charge is 2.43. The molecule has 2 unspecified atom stereocenters. The Morgan fingerprint density at radius 3 is 2.43 bits per heavy atom. The van der Waals surface area contributed by atoms with Crippen molar-refractivity contribution in [3.63, 3.8) is 0 Å². The SMILES string of the molecule is O=C(NNC(=S)Nc1ccc(F)cc1)C1CC1c1ccccc1. The lowest BCUT2D eigenvalue weighted by molar-refractivity contribution is -0.122. The number of hydrazine groups is 1. The van der Waals surface area contributed by atoms with Crippen LogP contribution in [0.4, 0.5) is 10.1 Å². The molecule has 1 aliphatic carbocycles. The van der Waals surface area contributed by atoms with Gasteiger partial charge in [-0.05, 0) is 54.4 Å². The fraction of sp³-hybridized carbons (Fsp3) is 0.176. The van der Waals surface area contributed by atoms with Crippen LogP contribution in [0.1, 0.15) is 17.9 Å². The Kier molecular flexibility index (Phi) is 4.52. The average molecular weight is 329 g/mol. The number of halogens is 1. The molecule has 23 heavy (non-hydrogen) atoms. The zero-order chi connectivity index (χ0) is 16.2. The summed E-state index contributed by atoms with van der Waals surface area (Å²) in [6, 6.07) is 15.8. The van der Waals surface area contributed by atoms with Crippen molar-refractivity contribution in [1.29, 1.82) is 0 Å². The van der Waals surface area contributed by atoms with Gasteiger partial charge in [-0.3, -0.25) is 15.6 Å². The van der Waals surface area contributed by atoms with Crippen LogP contribution in [0.15, 0.2) is 54.6 Å². The van der Waals surface area contributed by atoms with Crippen molar-refractivity contribution < 1.29 is 9.18 Å². The topological polar surface area (TPSA) is 53.2 Å². The lowest BCUT2D eigenvalue weighted by atomic mass is 10.1. The summed E-state index contributed by atoms with van der Waals surface area (Å²) in [6.45, 7) is 0. The standard InChI is InChI=1S/C17H16FN3OS/c18-12-6-8-13(9-7-12)19-17(23)21-20-16(22)15-10-14(15)11-4-2-1-3-5-11/h1-9,14-15H,10H2,(H,20,22)(H2,19,21,23). The van der Waals surface area contributed by atoms with E-state index in [0.717, 1.165) is 6.42 Å². The minimum absolute atomic E-state index is 0.0291. The van der Waals surface area contributed by atoms with Gasteiger partial charge in [-0.1, -0.05) is 30.3 Å². The van der Waals surface area contributed by atoms with Gasteiger partial charge in [0.15, 0.2) is 5.11 Å². The van der Waals surface area contributed by atoms with Crippen LogP contribution in [0.25, 0.3) is 0 Å². The molecule has 0 heterocycles. The first-order valence-corrected chi connectivity index (χ1v) is 7.71. The van der Waals surface area contributed by atoms with Gasteiger partial charge in [0.25, 0.3) is 0 Å². The van der Waals surface area contributed by atoms with Gasteiger partial charge in [0, 0.05) is 11.6 Å². The first-order chi connectivity index (χ1) is 11.1. The number of amides is 1. The Labute approximate surface area is 139 Å². The summed E-state index contributed by atoms with van der Waals surface area (Å²) in [5, 5.41) is 3.12. The molecule has 0 aromatic heterocycles. The summed E-state index contributed by atoms with van der Waals surface area (Å²) < 4.78 is 12.8. The normalized spacial score (nSPS) is 18.8. The summed E-state index contributed by atoms with van der Waals surface area (Å²) >= 11 is 5.09. The molecule has 118 valence electrons. The van der Waals surface area contributed by atoms with Crippen molar-refractivity contribution in [3.8, 4) is 0 Å². The average Bonchev–Trinajstić information content (AvgIpc) is 3.36. The van der Waals surface area contributed by atoms with E-state index in [1.165, 1.54) is 17.7 Å². The van der Waals surface area contributed by atoms with Gasteiger partial charge in [0.05, 0.1) is 0 Å². The molecule has 6 heteroatoms. The molecule has 4 nitrogen and oxygen atoms in total. The summed E-state index contributed by atoms with van der Waals surface area (Å²) in [7, 11) is 0. The van der Waals surface area contributed by atoms with Crippen LogP contribution in [0.5, 0.6) is 0 Å². The Morgan fingerprint density at radius 2 is 1.74 bits per heavy atom. The van der Waals surface area contributed by atoms with Crippen LogP contribution in [0.2, 0.25) is 0 Å². The number of nitrogens with one attached hydrogen (secondary N) is 3. The number of anilines is 1. The molecular weight excluding hydrogens is 313 g/mol. The highest BCUT2D eigenvalue weighted by molar-refractivity contribution is 7.80. The van der Waals surface area contributed by atoms with E-state index in [1.807, 2.05) is 30.3 Å². The molecule has 0 spiro atoms. The van der Waals surface area contributed by atoms with E-state index in [0.29, 0.717) is 5.69 Å². The molecule has 0 bridgehead atoms. The van der Waals surface area contributed by atoms with Crippen LogP contribution < -0.4 is 16.2 Å². The fourth-order valence-electron chi connectivity index (χ4n) is 2.46. The molecule has 1 fully saturated rings. The maximum Gasteiger partial charge on any atom is 0.242 e. The first-order valence-electron chi connectivity index (χ1n) is 7.31. The third-order valence-electron chi connectivity index (χ3n) is 3.76. The van der Waals surface area contributed by atoms with Crippen molar-refractivity contribution in [1.82, 2.24) is 10.9 Å². The fourth-order valence-corrected chi connectivity index (χ4v) is 2.63. The molecule has 2 aromatic carbocycles. The molecular formula is C17H16FN3OS. The number of thiocarbonyl (C=S) groups is 1. The summed E-state index contributed by atoms with van der Waals surface area (Å²) in [4.78, 5) is 12.1. The Hall–Kier alpha value is -2.47. The quantitative estimate of drug-likeness (QED) is 0.599. The van der Waals surface area contributed by atoms with Crippen LogP contribution in [-0.4, -0.2) is 11.0 Å². The number of carbonyl (C=O) groups is 1. The molecule has 0 aliphatic heterocycles. The van der Waals surface area contributed by atoms with Crippen molar-refractivity contribution in [3.05, 3.63) is 66.0 Å². The lowest BCUT2D eigenvalue weighted by Crippen LogP contribution is -2.44. The summed E-state index contributed by atoms with van der Waals surface area (Å²) in [5.41, 5.74) is 7.10. The van der Waals surface area contributed by atoms with Crippen LogP contribution >= 0.6 is 12.2 Å². The van der Waals surface area contributed by atoms with Crippen molar-refractivity contribution in [2.45, 2.75) is 12.3 Å². The number of benzene rings is 2. The molecule has 1 aliphatic rings. The lowest BCUT2D eigenvalue weighted by Gasteiger charge is -2.11. The van der Waals surface area contributed by atoms with Crippen LogP contribution in [0, 0.1) is 11.7 Å². The highest BCUT2D eigenvalue weighted by atomic mass is 32.1. The number of hydrogen-bond donors (Lipinski definition) is 3. The second-order valence-electron chi connectivity index (χ2n) is 5.43. The Morgan fingerprint density at radius 1 is 1.04 bits per heavy atom. The van der Waals surface area contributed by atoms with Gasteiger partial charge in [0.2, 0.25) is 5.91 Å². The molecule has 1 amide bonds. The van der Waals surface area contributed by atoms with Crippen molar-refractivity contribution in [2.75, 3.05) is 5.32 Å². The maximum atomic E-state index is 12.8. The van der Waals surface area contributed by atoms with Crippen LogP contribution in [-0.2, 0) is 4.79 Å². The molecule has 1 saturated carbocycles. The highest BCUT2D eigenvalue weighted by Crippen LogP contribution is 2.47. The van der Waals surface area contributed by atoms with Crippen molar-refractivity contribution >= 4 is 28.9 Å². The zero-order valence-corrected chi connectivity index (χ0v) is 13.1. The molecule has 0 radical (unpaired) electrons.